The van der Waals surface area contributed by atoms with Gasteiger partial charge in [0.2, 0.25) is 5.43 Å². The number of benzene rings is 1. The van der Waals surface area contributed by atoms with Gasteiger partial charge in [-0.2, -0.15) is 0 Å². The van der Waals surface area contributed by atoms with Gasteiger partial charge in [0.25, 0.3) is 10.0 Å². The maximum Gasteiger partial charge on any atom is 0.267 e. The van der Waals surface area contributed by atoms with E-state index in [2.05, 4.69) is 9.71 Å². The maximum absolute atomic E-state index is 12.2. The predicted octanol–water partition coefficient (Wildman–Crippen LogP) is 1.84. The normalized spacial score (nSPS) is 11.1. The number of aromatic amines is 1. The van der Waals surface area contributed by atoms with Gasteiger partial charge in [-0.25, -0.2) is 8.42 Å². The minimum atomic E-state index is -4.03. The number of halogens is 1. The molecule has 0 unspecified atom stereocenters. The molecule has 0 aliphatic carbocycles. The number of hydrogen-bond acceptors (Lipinski definition) is 4. The number of pyridine rings is 1. The van der Waals surface area contributed by atoms with Crippen molar-refractivity contribution in [1.82, 2.24) is 4.98 Å². The van der Waals surface area contributed by atoms with Crippen LogP contribution < -0.4 is 14.9 Å². The number of hydrogen-bond donors (Lipinski definition) is 2. The minimum absolute atomic E-state index is 0.156. The molecule has 0 saturated heterocycles. The third-order valence-electron chi connectivity index (χ3n) is 2.48. The van der Waals surface area contributed by atoms with Gasteiger partial charge in [-0.15, -0.1) is 0 Å². The van der Waals surface area contributed by atoms with Crippen molar-refractivity contribution in [2.24, 2.45) is 0 Å². The van der Waals surface area contributed by atoms with Gasteiger partial charge in [-0.3, -0.25) is 9.52 Å². The molecule has 20 heavy (non-hydrogen) atoms. The van der Waals surface area contributed by atoms with Gasteiger partial charge in [0.05, 0.1) is 12.8 Å². The Labute approximate surface area is 120 Å². The van der Waals surface area contributed by atoms with Crippen molar-refractivity contribution in [3.8, 4) is 5.75 Å². The van der Waals surface area contributed by atoms with Crippen LogP contribution in [-0.4, -0.2) is 20.5 Å². The van der Waals surface area contributed by atoms with Crippen LogP contribution >= 0.6 is 11.6 Å². The molecule has 0 spiro atoms. The highest BCUT2D eigenvalue weighted by molar-refractivity contribution is 7.92. The van der Waals surface area contributed by atoms with Gasteiger partial charge in [0, 0.05) is 23.5 Å². The summed E-state index contributed by atoms with van der Waals surface area (Å²) in [5.74, 6) is 0.297. The lowest BCUT2D eigenvalue weighted by atomic mass is 10.3. The molecule has 0 aliphatic rings. The monoisotopic (exact) mass is 314 g/mol. The molecule has 0 bridgehead atoms. The summed E-state index contributed by atoms with van der Waals surface area (Å²) in [6, 6.07) is 5.61. The Morgan fingerprint density at radius 1 is 1.30 bits per heavy atom. The summed E-state index contributed by atoms with van der Waals surface area (Å²) in [5.41, 5.74) is -0.458. The van der Waals surface area contributed by atoms with E-state index in [-0.39, 0.29) is 10.6 Å². The first kappa shape index (κ1) is 14.4. The zero-order chi connectivity index (χ0) is 14.8. The summed E-state index contributed by atoms with van der Waals surface area (Å²) in [7, 11) is -2.63. The SMILES string of the molecule is COc1ccc(Cl)cc1NS(=O)(=O)c1c[nH]ccc1=O. The summed E-state index contributed by atoms with van der Waals surface area (Å²) in [4.78, 5) is 13.8. The Balaban J connectivity index is 2.46. The molecule has 0 aliphatic heterocycles. The highest BCUT2D eigenvalue weighted by Crippen LogP contribution is 2.29. The Kier molecular flexibility index (Phi) is 4.01. The quantitative estimate of drug-likeness (QED) is 0.901. The van der Waals surface area contributed by atoms with Gasteiger partial charge >= 0.3 is 0 Å². The molecule has 0 radical (unpaired) electrons. The maximum atomic E-state index is 12.2. The number of anilines is 1. The summed E-state index contributed by atoms with van der Waals surface area (Å²) in [6.45, 7) is 0. The third kappa shape index (κ3) is 2.94. The Hall–Kier alpha value is -1.99. The van der Waals surface area contributed by atoms with E-state index in [1.54, 1.807) is 6.07 Å². The zero-order valence-corrected chi connectivity index (χ0v) is 12.0. The topological polar surface area (TPSA) is 88.3 Å². The van der Waals surface area contributed by atoms with E-state index in [4.69, 9.17) is 16.3 Å². The Morgan fingerprint density at radius 3 is 2.70 bits per heavy atom. The standard InChI is InChI=1S/C12H11ClN2O4S/c1-19-11-3-2-8(13)6-9(11)15-20(17,18)12-7-14-5-4-10(12)16/h2-7,15H,1H3,(H,14,16). The molecule has 0 saturated carbocycles. The molecule has 0 atom stereocenters. The van der Waals surface area contributed by atoms with E-state index in [1.165, 1.54) is 25.4 Å². The molecule has 2 N–H and O–H groups in total. The van der Waals surface area contributed by atoms with Crippen molar-refractivity contribution in [1.29, 1.82) is 0 Å². The highest BCUT2D eigenvalue weighted by atomic mass is 35.5. The number of sulfonamides is 1. The van der Waals surface area contributed by atoms with Crippen molar-refractivity contribution >= 4 is 27.3 Å². The second-order valence-electron chi connectivity index (χ2n) is 3.82. The summed E-state index contributed by atoms with van der Waals surface area (Å²) in [5, 5.41) is 0.338. The minimum Gasteiger partial charge on any atom is -0.495 e. The number of rotatable bonds is 4. The molecule has 8 heteroatoms. The second-order valence-corrected chi connectivity index (χ2v) is 5.91. The van der Waals surface area contributed by atoms with E-state index < -0.39 is 15.5 Å². The molecule has 0 fully saturated rings. The van der Waals surface area contributed by atoms with Crippen LogP contribution in [0.3, 0.4) is 0 Å². The van der Waals surface area contributed by atoms with E-state index in [0.717, 1.165) is 12.3 Å². The lowest BCUT2D eigenvalue weighted by Crippen LogP contribution is -2.21. The lowest BCUT2D eigenvalue weighted by Gasteiger charge is -2.11. The number of aromatic nitrogens is 1. The first-order valence-corrected chi connectivity index (χ1v) is 7.33. The number of nitrogens with one attached hydrogen (secondary N) is 2. The fourth-order valence-corrected chi connectivity index (χ4v) is 2.86. The molecule has 0 amide bonds. The second kappa shape index (κ2) is 5.56. The average Bonchev–Trinajstić information content (AvgIpc) is 2.39. The molecular weight excluding hydrogens is 304 g/mol. The fraction of sp³-hybridized carbons (Fsp3) is 0.0833. The van der Waals surface area contributed by atoms with Gasteiger partial charge in [-0.05, 0) is 18.2 Å². The van der Waals surface area contributed by atoms with Crippen LogP contribution in [0.25, 0.3) is 0 Å². The van der Waals surface area contributed by atoms with Crippen LogP contribution in [0.5, 0.6) is 5.75 Å². The van der Waals surface area contributed by atoms with Crippen LogP contribution in [0.4, 0.5) is 5.69 Å². The van der Waals surface area contributed by atoms with Crippen molar-refractivity contribution in [2.45, 2.75) is 4.90 Å². The lowest BCUT2D eigenvalue weighted by molar-refractivity contribution is 0.417. The van der Waals surface area contributed by atoms with E-state index in [9.17, 15) is 13.2 Å². The molecule has 1 aromatic carbocycles. The van der Waals surface area contributed by atoms with Gasteiger partial charge < -0.3 is 9.72 Å². The fourth-order valence-electron chi connectivity index (χ4n) is 1.57. The predicted molar refractivity (Wildman–Crippen MR) is 75.9 cm³/mol. The molecule has 6 nitrogen and oxygen atoms in total. The van der Waals surface area contributed by atoms with Crippen molar-refractivity contribution in [3.05, 3.63) is 51.9 Å². The van der Waals surface area contributed by atoms with Crippen LogP contribution in [0.1, 0.15) is 0 Å². The van der Waals surface area contributed by atoms with Crippen LogP contribution in [-0.2, 0) is 10.0 Å². The van der Waals surface area contributed by atoms with Gasteiger partial charge in [0.15, 0.2) is 4.90 Å². The zero-order valence-electron chi connectivity index (χ0n) is 10.4. The molecule has 2 rings (SSSR count). The Morgan fingerprint density at radius 2 is 2.05 bits per heavy atom. The van der Waals surface area contributed by atoms with Crippen molar-refractivity contribution in [3.63, 3.8) is 0 Å². The van der Waals surface area contributed by atoms with Crippen LogP contribution in [0, 0.1) is 0 Å². The summed E-state index contributed by atoms with van der Waals surface area (Å²) >= 11 is 5.82. The van der Waals surface area contributed by atoms with Crippen molar-refractivity contribution < 1.29 is 13.2 Å². The smallest absolute Gasteiger partial charge is 0.267 e. The molecule has 1 heterocycles. The van der Waals surface area contributed by atoms with Gasteiger partial charge in [0.1, 0.15) is 5.75 Å². The van der Waals surface area contributed by atoms with E-state index in [0.29, 0.717) is 10.8 Å². The highest BCUT2D eigenvalue weighted by Gasteiger charge is 2.19. The molecule has 106 valence electrons. The van der Waals surface area contributed by atoms with E-state index >= 15 is 0 Å². The number of H-pyrrole nitrogens is 1. The number of methoxy groups -OCH3 is 1. The van der Waals surface area contributed by atoms with E-state index in [1.807, 2.05) is 0 Å². The molecular formula is C12H11ClN2O4S. The average molecular weight is 315 g/mol. The van der Waals surface area contributed by atoms with Crippen molar-refractivity contribution in [2.75, 3.05) is 11.8 Å². The third-order valence-corrected chi connectivity index (χ3v) is 4.11. The largest absolute Gasteiger partial charge is 0.495 e. The summed E-state index contributed by atoms with van der Waals surface area (Å²) in [6.07, 6.45) is 2.46. The van der Waals surface area contributed by atoms with Crippen LogP contribution in [0.15, 0.2) is 46.3 Å². The Bertz CT molecular complexity index is 786. The van der Waals surface area contributed by atoms with Crippen LogP contribution in [0.2, 0.25) is 5.02 Å². The number of ether oxygens (including phenoxy) is 1. The first-order chi connectivity index (χ1) is 9.44. The van der Waals surface area contributed by atoms with Gasteiger partial charge in [-0.1, -0.05) is 11.6 Å². The molecule has 1 aromatic heterocycles. The molecule has 2 aromatic rings. The summed E-state index contributed by atoms with van der Waals surface area (Å²) < 4.78 is 31.7. The first-order valence-electron chi connectivity index (χ1n) is 5.47.